The molecule has 2 N–H and O–H groups in total. The Labute approximate surface area is 95.2 Å². The zero-order valence-electron chi connectivity index (χ0n) is 10.9. The predicted octanol–water partition coefficient (Wildman–Crippen LogP) is 2.40. The Morgan fingerprint density at radius 3 is 2.33 bits per heavy atom. The van der Waals surface area contributed by atoms with Gasteiger partial charge in [-0.25, -0.2) is 0 Å². The third-order valence-corrected chi connectivity index (χ3v) is 3.65. The fourth-order valence-corrected chi connectivity index (χ4v) is 2.19. The van der Waals surface area contributed by atoms with Gasteiger partial charge in [-0.15, -0.1) is 0 Å². The number of nitrogens with one attached hydrogen (secondary N) is 2. The summed E-state index contributed by atoms with van der Waals surface area (Å²) in [5, 5.41) is 6.99. The van der Waals surface area contributed by atoms with Crippen molar-refractivity contribution < 1.29 is 0 Å². The van der Waals surface area contributed by atoms with Crippen LogP contribution in [0.3, 0.4) is 0 Å². The molecule has 1 aliphatic carbocycles. The molecule has 0 saturated heterocycles. The lowest BCUT2D eigenvalue weighted by atomic mass is 9.67. The average Bonchev–Trinajstić information content (AvgIpc) is 1.98. The summed E-state index contributed by atoms with van der Waals surface area (Å²) in [4.78, 5) is 0. The number of hydrogen-bond donors (Lipinski definition) is 2. The van der Waals surface area contributed by atoms with Crippen LogP contribution in [-0.2, 0) is 0 Å². The van der Waals surface area contributed by atoms with E-state index in [1.807, 2.05) is 0 Å². The molecule has 0 unspecified atom stereocenters. The monoisotopic (exact) mass is 212 g/mol. The second-order valence-electron chi connectivity index (χ2n) is 5.90. The summed E-state index contributed by atoms with van der Waals surface area (Å²) in [5.41, 5.74) is 0.496. The molecule has 0 bridgehead atoms. The van der Waals surface area contributed by atoms with Crippen molar-refractivity contribution in [1.29, 1.82) is 0 Å². The molecule has 1 saturated carbocycles. The van der Waals surface area contributed by atoms with Crippen molar-refractivity contribution in [2.45, 2.75) is 53.0 Å². The van der Waals surface area contributed by atoms with Crippen LogP contribution in [0.4, 0.5) is 0 Å². The van der Waals surface area contributed by atoms with Crippen LogP contribution in [0.15, 0.2) is 0 Å². The van der Waals surface area contributed by atoms with Gasteiger partial charge in [0.1, 0.15) is 0 Å². The molecule has 0 heterocycles. The Balaban J connectivity index is 2.03. The Bertz CT molecular complexity index is 171. The average molecular weight is 212 g/mol. The van der Waals surface area contributed by atoms with Crippen molar-refractivity contribution in [3.8, 4) is 0 Å². The SMILES string of the molecule is CC(C)NCCNCC(C)(C)C1CCC1. The molecule has 15 heavy (non-hydrogen) atoms. The summed E-state index contributed by atoms with van der Waals surface area (Å²) in [6.45, 7) is 12.5. The van der Waals surface area contributed by atoms with Gasteiger partial charge in [-0.1, -0.05) is 34.1 Å². The van der Waals surface area contributed by atoms with Crippen LogP contribution in [0.5, 0.6) is 0 Å². The minimum Gasteiger partial charge on any atom is -0.315 e. The van der Waals surface area contributed by atoms with Crippen LogP contribution >= 0.6 is 0 Å². The summed E-state index contributed by atoms with van der Waals surface area (Å²) >= 11 is 0. The van der Waals surface area contributed by atoms with Gasteiger partial charge in [-0.05, 0) is 24.2 Å². The lowest BCUT2D eigenvalue weighted by molar-refractivity contribution is 0.119. The third-order valence-electron chi connectivity index (χ3n) is 3.65. The molecule has 0 aliphatic heterocycles. The third kappa shape index (κ3) is 4.52. The van der Waals surface area contributed by atoms with E-state index >= 15 is 0 Å². The molecule has 90 valence electrons. The van der Waals surface area contributed by atoms with E-state index in [0.29, 0.717) is 11.5 Å². The van der Waals surface area contributed by atoms with Crippen LogP contribution in [0.2, 0.25) is 0 Å². The quantitative estimate of drug-likeness (QED) is 0.633. The van der Waals surface area contributed by atoms with Gasteiger partial charge < -0.3 is 10.6 Å². The molecule has 0 aromatic carbocycles. The highest BCUT2D eigenvalue weighted by atomic mass is 15.0. The fourth-order valence-electron chi connectivity index (χ4n) is 2.19. The van der Waals surface area contributed by atoms with Crippen molar-refractivity contribution in [3.05, 3.63) is 0 Å². The Morgan fingerprint density at radius 1 is 1.20 bits per heavy atom. The van der Waals surface area contributed by atoms with E-state index in [1.54, 1.807) is 0 Å². The molecule has 1 rings (SSSR count). The summed E-state index contributed by atoms with van der Waals surface area (Å²) in [7, 11) is 0. The maximum absolute atomic E-state index is 3.57. The maximum atomic E-state index is 3.57. The second kappa shape index (κ2) is 5.86. The Morgan fingerprint density at radius 2 is 1.87 bits per heavy atom. The van der Waals surface area contributed by atoms with Gasteiger partial charge in [0, 0.05) is 25.7 Å². The van der Waals surface area contributed by atoms with E-state index in [0.717, 1.165) is 25.6 Å². The first-order valence-corrected chi connectivity index (χ1v) is 6.46. The first kappa shape index (κ1) is 13.0. The highest BCUT2D eigenvalue weighted by molar-refractivity contribution is 4.85. The van der Waals surface area contributed by atoms with E-state index in [-0.39, 0.29) is 0 Å². The molecule has 0 radical (unpaired) electrons. The first-order chi connectivity index (χ1) is 7.02. The summed E-state index contributed by atoms with van der Waals surface area (Å²) in [6, 6.07) is 0.603. The minimum absolute atomic E-state index is 0.496. The molecular formula is C13H28N2. The molecular weight excluding hydrogens is 184 g/mol. The van der Waals surface area contributed by atoms with Crippen molar-refractivity contribution in [3.63, 3.8) is 0 Å². The summed E-state index contributed by atoms with van der Waals surface area (Å²) < 4.78 is 0. The Kier molecular flexibility index (Phi) is 5.07. The Hall–Kier alpha value is -0.0800. The van der Waals surface area contributed by atoms with E-state index in [4.69, 9.17) is 0 Å². The zero-order valence-corrected chi connectivity index (χ0v) is 10.9. The van der Waals surface area contributed by atoms with Gasteiger partial charge in [-0.2, -0.15) is 0 Å². The van der Waals surface area contributed by atoms with Crippen LogP contribution in [0.1, 0.15) is 47.0 Å². The van der Waals surface area contributed by atoms with Gasteiger partial charge in [0.15, 0.2) is 0 Å². The van der Waals surface area contributed by atoms with Crippen molar-refractivity contribution in [2.24, 2.45) is 11.3 Å². The molecule has 0 aromatic rings. The van der Waals surface area contributed by atoms with Gasteiger partial charge in [0.25, 0.3) is 0 Å². The number of hydrogen-bond acceptors (Lipinski definition) is 2. The van der Waals surface area contributed by atoms with Crippen LogP contribution in [0.25, 0.3) is 0 Å². The zero-order chi connectivity index (χ0) is 11.3. The molecule has 2 nitrogen and oxygen atoms in total. The lowest BCUT2D eigenvalue weighted by Gasteiger charge is -2.40. The molecule has 2 heteroatoms. The molecule has 0 aromatic heterocycles. The van der Waals surface area contributed by atoms with Gasteiger partial charge in [0.2, 0.25) is 0 Å². The molecule has 0 amide bonds. The van der Waals surface area contributed by atoms with E-state index < -0.39 is 0 Å². The van der Waals surface area contributed by atoms with Crippen molar-refractivity contribution in [1.82, 2.24) is 10.6 Å². The standard InChI is InChI=1S/C13H28N2/c1-11(2)15-9-8-14-10-13(3,4)12-6-5-7-12/h11-12,14-15H,5-10H2,1-4H3. The van der Waals surface area contributed by atoms with Crippen molar-refractivity contribution >= 4 is 0 Å². The van der Waals surface area contributed by atoms with Crippen LogP contribution < -0.4 is 10.6 Å². The maximum Gasteiger partial charge on any atom is 0.00790 e. The smallest absolute Gasteiger partial charge is 0.00790 e. The molecule has 1 aliphatic rings. The fraction of sp³-hybridized carbons (Fsp3) is 1.00. The highest BCUT2D eigenvalue weighted by Crippen LogP contribution is 2.40. The minimum atomic E-state index is 0.496. The predicted molar refractivity (Wildman–Crippen MR) is 67.1 cm³/mol. The van der Waals surface area contributed by atoms with Crippen molar-refractivity contribution in [2.75, 3.05) is 19.6 Å². The topological polar surface area (TPSA) is 24.1 Å². The number of rotatable bonds is 7. The first-order valence-electron chi connectivity index (χ1n) is 6.46. The largest absolute Gasteiger partial charge is 0.315 e. The summed E-state index contributed by atoms with van der Waals surface area (Å²) in [5.74, 6) is 0.961. The van der Waals surface area contributed by atoms with Crippen LogP contribution in [-0.4, -0.2) is 25.7 Å². The molecule has 1 fully saturated rings. The lowest BCUT2D eigenvalue weighted by Crippen LogP contribution is -2.41. The van der Waals surface area contributed by atoms with E-state index in [1.165, 1.54) is 19.3 Å². The molecule has 0 atom stereocenters. The van der Waals surface area contributed by atoms with Gasteiger partial charge in [-0.3, -0.25) is 0 Å². The summed E-state index contributed by atoms with van der Waals surface area (Å²) in [6.07, 6.45) is 4.33. The van der Waals surface area contributed by atoms with Crippen LogP contribution in [0, 0.1) is 11.3 Å². The normalized spacial score (nSPS) is 18.2. The second-order valence-corrected chi connectivity index (χ2v) is 5.90. The van der Waals surface area contributed by atoms with Gasteiger partial charge >= 0.3 is 0 Å². The molecule has 0 spiro atoms. The van der Waals surface area contributed by atoms with Gasteiger partial charge in [0.05, 0.1) is 0 Å². The van der Waals surface area contributed by atoms with E-state index in [2.05, 4.69) is 38.3 Å². The van der Waals surface area contributed by atoms with E-state index in [9.17, 15) is 0 Å². The highest BCUT2D eigenvalue weighted by Gasteiger charge is 2.33.